The average Bonchev–Trinajstić information content (AvgIpc) is 2.71. The summed E-state index contributed by atoms with van der Waals surface area (Å²) < 4.78 is 4.41. The molecule has 0 aliphatic rings. The van der Waals surface area contributed by atoms with Crippen molar-refractivity contribution in [3.8, 4) is 11.1 Å². The number of pyridine rings is 2. The van der Waals surface area contributed by atoms with Gasteiger partial charge >= 0.3 is 0 Å². The summed E-state index contributed by atoms with van der Waals surface area (Å²) in [6.07, 6.45) is 8.58. The van der Waals surface area contributed by atoms with E-state index < -0.39 is 0 Å². The molecule has 2 heterocycles. The van der Waals surface area contributed by atoms with Crippen LogP contribution in [0.3, 0.4) is 0 Å². The number of hydrogen-bond acceptors (Lipinski definition) is 0. The molecule has 142 valence electrons. The van der Waals surface area contributed by atoms with E-state index >= 15 is 0 Å². The van der Waals surface area contributed by atoms with E-state index in [-0.39, 0.29) is 34.0 Å². The lowest BCUT2D eigenvalue weighted by Crippen LogP contribution is -3.00. The van der Waals surface area contributed by atoms with Crippen LogP contribution in [-0.2, 0) is 13.1 Å². The molecule has 0 unspecified atom stereocenters. The molecule has 0 saturated heterocycles. The number of aromatic nitrogens is 2. The maximum absolute atomic E-state index is 2.21. The van der Waals surface area contributed by atoms with Gasteiger partial charge in [0.25, 0.3) is 0 Å². The van der Waals surface area contributed by atoms with E-state index in [1.165, 1.54) is 22.3 Å². The van der Waals surface area contributed by atoms with Crippen molar-refractivity contribution >= 4 is 0 Å². The van der Waals surface area contributed by atoms with Gasteiger partial charge in [-0.1, -0.05) is 60.7 Å². The number of rotatable bonds is 5. The van der Waals surface area contributed by atoms with Crippen molar-refractivity contribution in [3.05, 3.63) is 121 Å². The van der Waals surface area contributed by atoms with Crippen LogP contribution in [0.5, 0.6) is 0 Å². The van der Waals surface area contributed by atoms with Crippen LogP contribution in [0.1, 0.15) is 11.1 Å². The second kappa shape index (κ2) is 10.9. The Bertz CT molecular complexity index is 872. The Kier molecular flexibility index (Phi) is 8.55. The van der Waals surface area contributed by atoms with Crippen LogP contribution < -0.4 is 43.1 Å². The SMILES string of the molecule is [Br-].[Br-].c1ccc(C[n+]2ccc(-c3cc[n+](Cc4ccccc4)cc3)cc2)cc1. The summed E-state index contributed by atoms with van der Waals surface area (Å²) in [5.41, 5.74) is 5.10. The summed E-state index contributed by atoms with van der Waals surface area (Å²) in [5.74, 6) is 0. The van der Waals surface area contributed by atoms with Gasteiger partial charge in [-0.25, -0.2) is 9.13 Å². The fourth-order valence-corrected chi connectivity index (χ4v) is 3.10. The van der Waals surface area contributed by atoms with Gasteiger partial charge in [-0.2, -0.15) is 0 Å². The van der Waals surface area contributed by atoms with Crippen molar-refractivity contribution in [1.29, 1.82) is 0 Å². The van der Waals surface area contributed by atoms with Gasteiger partial charge in [-0.15, -0.1) is 0 Å². The number of halogens is 2. The van der Waals surface area contributed by atoms with Crippen LogP contribution in [0.25, 0.3) is 11.1 Å². The highest BCUT2D eigenvalue weighted by Gasteiger charge is 2.07. The Morgan fingerprint density at radius 1 is 0.429 bits per heavy atom. The quantitative estimate of drug-likeness (QED) is 0.283. The van der Waals surface area contributed by atoms with Crippen LogP contribution in [0.2, 0.25) is 0 Å². The first kappa shape index (κ1) is 22.0. The number of hydrogen-bond donors (Lipinski definition) is 0. The van der Waals surface area contributed by atoms with E-state index in [9.17, 15) is 0 Å². The lowest BCUT2D eigenvalue weighted by Gasteiger charge is -2.02. The van der Waals surface area contributed by atoms with Crippen LogP contribution in [-0.4, -0.2) is 0 Å². The molecule has 2 aromatic carbocycles. The van der Waals surface area contributed by atoms with Crippen LogP contribution in [0.4, 0.5) is 0 Å². The Labute approximate surface area is 187 Å². The molecular formula is C24H22Br2N2. The molecular weight excluding hydrogens is 476 g/mol. The largest absolute Gasteiger partial charge is 1.00 e. The third-order valence-corrected chi connectivity index (χ3v) is 4.53. The standard InChI is InChI=1S/C24H22N2.2BrH/c1-3-7-21(8-4-1)19-25-15-11-23(12-16-25)24-13-17-26(18-14-24)20-22-9-5-2-6-10-22;;/h1-18H,19-20H2;2*1H/q+2;;/p-2. The van der Waals surface area contributed by atoms with Crippen LogP contribution in [0, 0.1) is 0 Å². The molecule has 0 amide bonds. The second-order valence-electron chi connectivity index (χ2n) is 6.49. The average molecular weight is 498 g/mol. The summed E-state index contributed by atoms with van der Waals surface area (Å²) in [6, 6.07) is 29.8. The molecule has 0 saturated carbocycles. The van der Waals surface area contributed by atoms with Gasteiger partial charge in [0.2, 0.25) is 0 Å². The van der Waals surface area contributed by atoms with Crippen LogP contribution >= 0.6 is 0 Å². The van der Waals surface area contributed by atoms with Crippen molar-refractivity contribution in [3.63, 3.8) is 0 Å². The second-order valence-corrected chi connectivity index (χ2v) is 6.49. The maximum atomic E-state index is 2.21. The lowest BCUT2D eigenvalue weighted by atomic mass is 10.1. The van der Waals surface area contributed by atoms with Gasteiger partial charge in [0, 0.05) is 35.4 Å². The first-order valence-electron chi connectivity index (χ1n) is 8.93. The number of nitrogens with zero attached hydrogens (tertiary/aromatic N) is 2. The van der Waals surface area contributed by atoms with E-state index in [0.717, 1.165) is 13.1 Å². The Balaban J connectivity index is 0.00000140. The highest BCUT2D eigenvalue weighted by molar-refractivity contribution is 5.60. The topological polar surface area (TPSA) is 7.76 Å². The molecule has 0 bridgehead atoms. The van der Waals surface area contributed by atoms with Crippen molar-refractivity contribution in [2.45, 2.75) is 13.1 Å². The van der Waals surface area contributed by atoms with E-state index in [0.29, 0.717) is 0 Å². The van der Waals surface area contributed by atoms with Gasteiger partial charge in [-0.05, 0) is 11.1 Å². The van der Waals surface area contributed by atoms with Crippen molar-refractivity contribution in [2.75, 3.05) is 0 Å². The van der Waals surface area contributed by atoms with Gasteiger partial charge in [0.1, 0.15) is 0 Å². The molecule has 4 rings (SSSR count). The maximum Gasteiger partial charge on any atom is 0.173 e. The van der Waals surface area contributed by atoms with Gasteiger partial charge < -0.3 is 34.0 Å². The molecule has 4 heteroatoms. The fourth-order valence-electron chi connectivity index (χ4n) is 3.10. The van der Waals surface area contributed by atoms with Crippen LogP contribution in [0.15, 0.2) is 110 Å². The van der Waals surface area contributed by atoms with Gasteiger partial charge in [0.15, 0.2) is 37.9 Å². The summed E-state index contributed by atoms with van der Waals surface area (Å²) >= 11 is 0. The molecule has 0 fully saturated rings. The zero-order valence-corrected chi connectivity index (χ0v) is 18.6. The van der Waals surface area contributed by atoms with Gasteiger partial charge in [0.05, 0.1) is 0 Å². The van der Waals surface area contributed by atoms with Gasteiger partial charge in [-0.3, -0.25) is 0 Å². The molecule has 0 aliphatic carbocycles. The van der Waals surface area contributed by atoms with Crippen molar-refractivity contribution in [2.24, 2.45) is 0 Å². The summed E-state index contributed by atoms with van der Waals surface area (Å²) in [5, 5.41) is 0. The Morgan fingerprint density at radius 3 is 1.07 bits per heavy atom. The molecule has 0 radical (unpaired) electrons. The molecule has 4 aromatic rings. The van der Waals surface area contributed by atoms with Crippen molar-refractivity contribution < 1.29 is 43.1 Å². The lowest BCUT2D eigenvalue weighted by molar-refractivity contribution is -0.688. The third kappa shape index (κ3) is 5.85. The van der Waals surface area contributed by atoms with Crippen molar-refractivity contribution in [1.82, 2.24) is 0 Å². The summed E-state index contributed by atoms with van der Waals surface area (Å²) in [6.45, 7) is 1.79. The number of benzene rings is 2. The highest BCUT2D eigenvalue weighted by Crippen LogP contribution is 2.15. The Morgan fingerprint density at radius 2 is 0.750 bits per heavy atom. The monoisotopic (exact) mass is 496 g/mol. The first-order chi connectivity index (χ1) is 12.9. The zero-order chi connectivity index (χ0) is 17.6. The molecule has 0 spiro atoms. The summed E-state index contributed by atoms with van der Waals surface area (Å²) in [4.78, 5) is 0. The predicted octanol–water partition coefficient (Wildman–Crippen LogP) is -1.97. The third-order valence-electron chi connectivity index (χ3n) is 4.53. The molecule has 0 atom stereocenters. The minimum absolute atomic E-state index is 0. The van der Waals surface area contributed by atoms with E-state index in [2.05, 4.69) is 119 Å². The molecule has 2 aromatic heterocycles. The minimum Gasteiger partial charge on any atom is -1.00 e. The zero-order valence-electron chi connectivity index (χ0n) is 15.5. The Hall–Kier alpha value is -2.30. The highest BCUT2D eigenvalue weighted by atomic mass is 79.9. The minimum atomic E-state index is 0. The molecule has 2 nitrogen and oxygen atoms in total. The van der Waals surface area contributed by atoms with E-state index in [4.69, 9.17) is 0 Å². The van der Waals surface area contributed by atoms with E-state index in [1.807, 2.05) is 0 Å². The molecule has 0 aliphatic heterocycles. The summed E-state index contributed by atoms with van der Waals surface area (Å²) in [7, 11) is 0. The molecule has 0 N–H and O–H groups in total. The van der Waals surface area contributed by atoms with E-state index in [1.54, 1.807) is 0 Å². The smallest absolute Gasteiger partial charge is 0.173 e. The molecule has 28 heavy (non-hydrogen) atoms. The fraction of sp³-hybridized carbons (Fsp3) is 0.0833. The predicted molar refractivity (Wildman–Crippen MR) is 103 cm³/mol. The first-order valence-corrected chi connectivity index (χ1v) is 8.93. The normalized spacial score (nSPS) is 9.86.